The van der Waals surface area contributed by atoms with Crippen molar-refractivity contribution in [2.24, 2.45) is 5.41 Å². The van der Waals surface area contributed by atoms with Crippen molar-refractivity contribution in [2.75, 3.05) is 6.54 Å². The van der Waals surface area contributed by atoms with Gasteiger partial charge in [-0.2, -0.15) is 5.26 Å². The Hall–Kier alpha value is -1.33. The molecule has 2 heteroatoms. The molecule has 0 spiro atoms. The van der Waals surface area contributed by atoms with Crippen LogP contribution >= 0.6 is 0 Å². The molecule has 1 aliphatic carbocycles. The second kappa shape index (κ2) is 6.41. The maximum Gasteiger partial charge on any atom is 0.0991 e. The Morgan fingerprint density at radius 1 is 1.20 bits per heavy atom. The quantitative estimate of drug-likeness (QED) is 0.840. The third-order valence-corrected chi connectivity index (χ3v) is 5.26. The lowest BCUT2D eigenvalue weighted by Gasteiger charge is -2.57. The first-order valence-electron chi connectivity index (χ1n) is 7.95. The zero-order valence-corrected chi connectivity index (χ0v) is 12.9. The summed E-state index contributed by atoms with van der Waals surface area (Å²) in [6, 6.07) is 11.1. The van der Waals surface area contributed by atoms with Crippen LogP contribution < -0.4 is 5.32 Å². The molecule has 2 rings (SSSR count). The summed E-state index contributed by atoms with van der Waals surface area (Å²) in [6.07, 6.45) is 4.86. The van der Waals surface area contributed by atoms with E-state index in [1.54, 1.807) is 0 Å². The number of nitrogens with one attached hydrogen (secondary N) is 1. The highest BCUT2D eigenvalue weighted by atomic mass is 15.0. The van der Waals surface area contributed by atoms with Gasteiger partial charge in [-0.05, 0) is 61.3 Å². The van der Waals surface area contributed by atoms with Gasteiger partial charge in [0.25, 0.3) is 0 Å². The number of nitrogens with zero attached hydrogens (tertiary/aromatic N) is 1. The van der Waals surface area contributed by atoms with E-state index in [0.29, 0.717) is 17.4 Å². The van der Waals surface area contributed by atoms with Gasteiger partial charge in [0.1, 0.15) is 0 Å². The van der Waals surface area contributed by atoms with E-state index in [9.17, 15) is 0 Å². The topological polar surface area (TPSA) is 35.8 Å². The average molecular weight is 270 g/mol. The van der Waals surface area contributed by atoms with Gasteiger partial charge in [0, 0.05) is 6.04 Å². The monoisotopic (exact) mass is 270 g/mol. The summed E-state index contributed by atoms with van der Waals surface area (Å²) in [5.41, 5.74) is 2.55. The molecule has 1 saturated carbocycles. The lowest BCUT2D eigenvalue weighted by atomic mass is 9.51. The molecular formula is C18H26N2. The molecule has 108 valence electrons. The third kappa shape index (κ3) is 2.47. The summed E-state index contributed by atoms with van der Waals surface area (Å²) >= 11 is 0. The second-order valence-electron chi connectivity index (χ2n) is 5.97. The Bertz CT molecular complexity index is 465. The number of hydrogen-bond acceptors (Lipinski definition) is 2. The van der Waals surface area contributed by atoms with E-state index in [2.05, 4.69) is 44.3 Å². The number of benzene rings is 1. The first-order chi connectivity index (χ1) is 9.71. The minimum absolute atomic E-state index is 0.392. The lowest BCUT2D eigenvalue weighted by molar-refractivity contribution is 0.0202. The van der Waals surface area contributed by atoms with Gasteiger partial charge < -0.3 is 5.32 Å². The van der Waals surface area contributed by atoms with E-state index in [1.165, 1.54) is 31.2 Å². The van der Waals surface area contributed by atoms with Crippen molar-refractivity contribution in [3.63, 3.8) is 0 Å². The minimum Gasteiger partial charge on any atom is -0.313 e. The molecule has 0 aromatic heterocycles. The molecule has 1 aliphatic rings. The Morgan fingerprint density at radius 3 is 2.35 bits per heavy atom. The van der Waals surface area contributed by atoms with Crippen LogP contribution in [0.25, 0.3) is 0 Å². The maximum absolute atomic E-state index is 8.91. The molecule has 1 fully saturated rings. The van der Waals surface area contributed by atoms with Crippen molar-refractivity contribution in [3.8, 4) is 6.07 Å². The standard InChI is InChI=1S/C18H26N2/c1-4-11-20-17-12-16(18(17,5-2)6-3)15-9-7-14(13-19)8-10-15/h7-10,16-17,20H,4-6,11-12H2,1-3H3. The molecule has 0 amide bonds. The van der Waals surface area contributed by atoms with Gasteiger partial charge in [0.2, 0.25) is 0 Å². The lowest BCUT2D eigenvalue weighted by Crippen LogP contribution is -2.58. The first kappa shape index (κ1) is 15.1. The van der Waals surface area contributed by atoms with Crippen LogP contribution in [0.2, 0.25) is 0 Å². The molecule has 1 aromatic carbocycles. The molecule has 20 heavy (non-hydrogen) atoms. The van der Waals surface area contributed by atoms with Gasteiger partial charge in [0.15, 0.2) is 0 Å². The van der Waals surface area contributed by atoms with Crippen LogP contribution in [0.15, 0.2) is 24.3 Å². The third-order valence-electron chi connectivity index (χ3n) is 5.26. The molecule has 0 bridgehead atoms. The van der Waals surface area contributed by atoms with Crippen molar-refractivity contribution in [3.05, 3.63) is 35.4 Å². The summed E-state index contributed by atoms with van der Waals surface area (Å²) in [4.78, 5) is 0. The van der Waals surface area contributed by atoms with Crippen LogP contribution in [0.5, 0.6) is 0 Å². The van der Waals surface area contributed by atoms with E-state index in [-0.39, 0.29) is 0 Å². The van der Waals surface area contributed by atoms with Gasteiger partial charge in [-0.1, -0.05) is 32.9 Å². The molecule has 0 saturated heterocycles. The van der Waals surface area contributed by atoms with E-state index in [4.69, 9.17) is 5.26 Å². The van der Waals surface area contributed by atoms with E-state index in [1.807, 2.05) is 12.1 Å². The molecule has 2 atom stereocenters. The summed E-state index contributed by atoms with van der Waals surface area (Å²) < 4.78 is 0. The minimum atomic E-state index is 0.392. The average Bonchev–Trinajstić information content (AvgIpc) is 2.48. The smallest absolute Gasteiger partial charge is 0.0991 e. The van der Waals surface area contributed by atoms with E-state index >= 15 is 0 Å². The maximum atomic E-state index is 8.91. The molecule has 0 heterocycles. The van der Waals surface area contributed by atoms with Crippen molar-refractivity contribution in [2.45, 2.75) is 58.4 Å². The van der Waals surface area contributed by atoms with Gasteiger partial charge in [-0.3, -0.25) is 0 Å². The molecule has 0 aliphatic heterocycles. The van der Waals surface area contributed by atoms with Crippen LogP contribution in [0.1, 0.15) is 63.5 Å². The largest absolute Gasteiger partial charge is 0.313 e. The number of rotatable bonds is 6. The van der Waals surface area contributed by atoms with Crippen LogP contribution in [0, 0.1) is 16.7 Å². The summed E-state index contributed by atoms with van der Waals surface area (Å²) in [7, 11) is 0. The second-order valence-corrected chi connectivity index (χ2v) is 5.97. The summed E-state index contributed by atoms with van der Waals surface area (Å²) in [5.74, 6) is 0.639. The highest BCUT2D eigenvalue weighted by Crippen LogP contribution is 2.57. The van der Waals surface area contributed by atoms with Crippen molar-refractivity contribution < 1.29 is 0 Å². The van der Waals surface area contributed by atoms with Gasteiger partial charge >= 0.3 is 0 Å². The van der Waals surface area contributed by atoms with Crippen LogP contribution in [-0.4, -0.2) is 12.6 Å². The van der Waals surface area contributed by atoms with Crippen molar-refractivity contribution in [1.29, 1.82) is 5.26 Å². The predicted molar refractivity (Wildman–Crippen MR) is 83.6 cm³/mol. The predicted octanol–water partition coefficient (Wildman–Crippen LogP) is 4.22. The van der Waals surface area contributed by atoms with Crippen LogP contribution in [-0.2, 0) is 0 Å². The van der Waals surface area contributed by atoms with Crippen LogP contribution in [0.3, 0.4) is 0 Å². The van der Waals surface area contributed by atoms with E-state index < -0.39 is 0 Å². The Kier molecular flexibility index (Phi) is 4.83. The molecule has 1 aromatic rings. The molecule has 0 radical (unpaired) electrons. The molecule has 1 N–H and O–H groups in total. The Morgan fingerprint density at radius 2 is 1.85 bits per heavy atom. The number of nitriles is 1. The highest BCUT2D eigenvalue weighted by molar-refractivity contribution is 5.36. The van der Waals surface area contributed by atoms with E-state index in [0.717, 1.165) is 12.1 Å². The normalized spacial score (nSPS) is 23.9. The number of hydrogen-bond donors (Lipinski definition) is 1. The Balaban J connectivity index is 2.17. The fourth-order valence-corrected chi connectivity index (χ4v) is 3.89. The highest BCUT2D eigenvalue weighted by Gasteiger charge is 2.52. The fraction of sp³-hybridized carbons (Fsp3) is 0.611. The first-order valence-corrected chi connectivity index (χ1v) is 7.95. The summed E-state index contributed by atoms with van der Waals surface area (Å²) in [5, 5.41) is 12.6. The van der Waals surface area contributed by atoms with Gasteiger partial charge in [-0.15, -0.1) is 0 Å². The van der Waals surface area contributed by atoms with Crippen molar-refractivity contribution >= 4 is 0 Å². The van der Waals surface area contributed by atoms with Gasteiger partial charge in [0.05, 0.1) is 11.6 Å². The SMILES string of the molecule is CCCNC1CC(c2ccc(C#N)cc2)C1(CC)CC. The zero-order chi connectivity index (χ0) is 14.6. The molecule has 2 unspecified atom stereocenters. The molecular weight excluding hydrogens is 244 g/mol. The molecule has 2 nitrogen and oxygen atoms in total. The zero-order valence-electron chi connectivity index (χ0n) is 12.9. The van der Waals surface area contributed by atoms with Crippen molar-refractivity contribution in [1.82, 2.24) is 5.32 Å². The van der Waals surface area contributed by atoms with Gasteiger partial charge in [-0.25, -0.2) is 0 Å². The summed E-state index contributed by atoms with van der Waals surface area (Å²) in [6.45, 7) is 7.98. The fourth-order valence-electron chi connectivity index (χ4n) is 3.89. The Labute approximate surface area is 123 Å². The van der Waals surface area contributed by atoms with Crippen LogP contribution in [0.4, 0.5) is 0 Å².